The van der Waals surface area contributed by atoms with Gasteiger partial charge < -0.3 is 24.9 Å². The van der Waals surface area contributed by atoms with Crippen LogP contribution in [0.2, 0.25) is 0 Å². The summed E-state index contributed by atoms with van der Waals surface area (Å²) in [5.41, 5.74) is 8.30. The minimum atomic E-state index is -1.35. The number of hydrogen-bond donors (Lipinski definition) is 3. The number of ether oxygens (including phenoxy) is 1. The molecule has 0 bridgehead atoms. The molecule has 0 amide bonds. The zero-order valence-corrected chi connectivity index (χ0v) is 8.38. The summed E-state index contributed by atoms with van der Waals surface area (Å²) in [6.45, 7) is -0.490. The van der Waals surface area contributed by atoms with Gasteiger partial charge in [-0.05, 0) is 5.53 Å². The second kappa shape index (κ2) is 5.78. The van der Waals surface area contributed by atoms with Crippen molar-refractivity contribution in [3.05, 3.63) is 10.4 Å². The normalized spacial score (nSPS) is 38.8. The first-order valence-electron chi connectivity index (χ1n) is 4.76. The van der Waals surface area contributed by atoms with Gasteiger partial charge in [0.25, 0.3) is 0 Å². The largest absolute Gasteiger partial charge is 0.394 e. The molecule has 3 N–H and O–H groups in total. The van der Waals surface area contributed by atoms with E-state index in [-0.39, 0.29) is 6.42 Å². The van der Waals surface area contributed by atoms with E-state index in [0.29, 0.717) is 6.29 Å². The lowest BCUT2D eigenvalue weighted by Crippen LogP contribution is -2.57. The van der Waals surface area contributed by atoms with E-state index < -0.39 is 37.1 Å². The van der Waals surface area contributed by atoms with Crippen LogP contribution in [0.15, 0.2) is 5.11 Å². The van der Waals surface area contributed by atoms with Gasteiger partial charge in [0.1, 0.15) is 18.5 Å². The zero-order chi connectivity index (χ0) is 12.1. The van der Waals surface area contributed by atoms with Gasteiger partial charge in [-0.25, -0.2) is 0 Å². The number of rotatable bonds is 4. The first-order valence-corrected chi connectivity index (χ1v) is 4.76. The van der Waals surface area contributed by atoms with Gasteiger partial charge in [-0.3, -0.25) is 0 Å². The molecule has 90 valence electrons. The molecule has 8 heteroatoms. The lowest BCUT2D eigenvalue weighted by Gasteiger charge is -2.39. The Bertz CT molecular complexity index is 293. The molecule has 0 radical (unpaired) electrons. The summed E-state index contributed by atoms with van der Waals surface area (Å²) in [6.07, 6.45) is -4.03. The van der Waals surface area contributed by atoms with Crippen LogP contribution in [0.5, 0.6) is 0 Å². The molecular formula is C8H13N3O5. The molecule has 0 aromatic heterocycles. The third-order valence-corrected chi connectivity index (χ3v) is 2.50. The molecule has 5 atom stereocenters. The summed E-state index contributed by atoms with van der Waals surface area (Å²) in [5.74, 6) is 0. The molecule has 1 aliphatic rings. The first kappa shape index (κ1) is 12.9. The van der Waals surface area contributed by atoms with E-state index in [9.17, 15) is 15.0 Å². The highest BCUT2D eigenvalue weighted by molar-refractivity contribution is 5.50. The quantitative estimate of drug-likeness (QED) is 0.240. The summed E-state index contributed by atoms with van der Waals surface area (Å²) in [4.78, 5) is 12.9. The van der Waals surface area contributed by atoms with Crippen molar-refractivity contribution in [2.75, 3.05) is 6.61 Å². The van der Waals surface area contributed by atoms with Crippen molar-refractivity contribution in [3.8, 4) is 0 Å². The summed E-state index contributed by atoms with van der Waals surface area (Å²) >= 11 is 0. The fourth-order valence-corrected chi connectivity index (χ4v) is 1.67. The Hall–Kier alpha value is -1.18. The standard InChI is InChI=1S/C8H13N3O5/c9-11-10-6-4(1-2-12)16-5(3-13)7(14)8(6)15/h2,4-8,13-15H,1,3H2/t4?,5-,6+,7+,8-/m1/s1. The molecule has 0 aromatic rings. The predicted octanol–water partition coefficient (Wildman–Crippen LogP) is -1.26. The number of aliphatic hydroxyl groups excluding tert-OH is 3. The molecule has 16 heavy (non-hydrogen) atoms. The van der Waals surface area contributed by atoms with Gasteiger partial charge in [0.15, 0.2) is 0 Å². The van der Waals surface area contributed by atoms with Gasteiger partial charge in [-0.1, -0.05) is 5.11 Å². The van der Waals surface area contributed by atoms with Crippen LogP contribution in [0.4, 0.5) is 0 Å². The average Bonchev–Trinajstić information content (AvgIpc) is 2.28. The van der Waals surface area contributed by atoms with Crippen molar-refractivity contribution in [2.24, 2.45) is 5.11 Å². The molecule has 1 heterocycles. The number of azide groups is 1. The Morgan fingerprint density at radius 3 is 2.56 bits per heavy atom. The van der Waals surface area contributed by atoms with E-state index in [0.717, 1.165) is 0 Å². The van der Waals surface area contributed by atoms with Crippen LogP contribution in [-0.4, -0.2) is 58.7 Å². The van der Waals surface area contributed by atoms with E-state index in [1.807, 2.05) is 0 Å². The topological polar surface area (TPSA) is 136 Å². The van der Waals surface area contributed by atoms with Gasteiger partial charge in [-0.2, -0.15) is 0 Å². The van der Waals surface area contributed by atoms with E-state index in [2.05, 4.69) is 10.0 Å². The van der Waals surface area contributed by atoms with Crippen molar-refractivity contribution in [1.29, 1.82) is 0 Å². The zero-order valence-electron chi connectivity index (χ0n) is 8.38. The highest BCUT2D eigenvalue weighted by Gasteiger charge is 2.43. The highest BCUT2D eigenvalue weighted by Crippen LogP contribution is 2.25. The Balaban J connectivity index is 2.87. The number of carbonyl (C=O) groups excluding carboxylic acids is 1. The molecular weight excluding hydrogens is 218 g/mol. The fraction of sp³-hybridized carbons (Fsp3) is 0.875. The monoisotopic (exact) mass is 231 g/mol. The molecule has 0 aromatic carbocycles. The minimum Gasteiger partial charge on any atom is -0.394 e. The third-order valence-electron chi connectivity index (χ3n) is 2.50. The van der Waals surface area contributed by atoms with Gasteiger partial charge in [0, 0.05) is 11.3 Å². The Morgan fingerprint density at radius 2 is 2.06 bits per heavy atom. The second-order valence-electron chi connectivity index (χ2n) is 3.47. The number of carbonyl (C=O) groups is 1. The summed E-state index contributed by atoms with van der Waals surface area (Å²) in [7, 11) is 0. The van der Waals surface area contributed by atoms with Crippen molar-refractivity contribution >= 4 is 6.29 Å². The van der Waals surface area contributed by atoms with Crippen LogP contribution in [0, 0.1) is 0 Å². The van der Waals surface area contributed by atoms with Crippen molar-refractivity contribution in [1.82, 2.24) is 0 Å². The average molecular weight is 231 g/mol. The van der Waals surface area contributed by atoms with Crippen LogP contribution in [0.3, 0.4) is 0 Å². The second-order valence-corrected chi connectivity index (χ2v) is 3.47. The number of nitrogens with zero attached hydrogens (tertiary/aromatic N) is 3. The SMILES string of the molecule is [N-]=[N+]=N[C@H]1C(CC=O)O[C@H](CO)[C@H](O)[C@@H]1O. The maximum absolute atomic E-state index is 10.4. The van der Waals surface area contributed by atoms with Gasteiger partial charge in [-0.15, -0.1) is 0 Å². The van der Waals surface area contributed by atoms with Crippen LogP contribution >= 0.6 is 0 Å². The van der Waals surface area contributed by atoms with Crippen molar-refractivity contribution in [2.45, 2.75) is 36.9 Å². The number of aliphatic hydroxyl groups is 3. The number of aldehydes is 1. The van der Waals surface area contributed by atoms with Crippen LogP contribution in [-0.2, 0) is 9.53 Å². The molecule has 1 saturated heterocycles. The fourth-order valence-electron chi connectivity index (χ4n) is 1.67. The molecule has 0 saturated carbocycles. The van der Waals surface area contributed by atoms with Crippen LogP contribution < -0.4 is 0 Å². The lowest BCUT2D eigenvalue weighted by atomic mass is 9.92. The third kappa shape index (κ3) is 2.49. The predicted molar refractivity (Wildman–Crippen MR) is 51.4 cm³/mol. The Kier molecular flexibility index (Phi) is 4.66. The van der Waals surface area contributed by atoms with Crippen LogP contribution in [0.1, 0.15) is 6.42 Å². The Labute approximate surface area is 91.1 Å². The molecule has 0 aliphatic carbocycles. The van der Waals surface area contributed by atoms with Crippen molar-refractivity contribution in [3.63, 3.8) is 0 Å². The molecule has 1 rings (SSSR count). The molecule has 1 aliphatic heterocycles. The minimum absolute atomic E-state index is 0.0794. The summed E-state index contributed by atoms with van der Waals surface area (Å²) < 4.78 is 5.17. The molecule has 1 fully saturated rings. The first-order chi connectivity index (χ1) is 7.65. The highest BCUT2D eigenvalue weighted by atomic mass is 16.5. The molecule has 1 unspecified atom stereocenters. The van der Waals surface area contributed by atoms with E-state index in [1.165, 1.54) is 0 Å². The van der Waals surface area contributed by atoms with Crippen LogP contribution in [0.25, 0.3) is 10.4 Å². The molecule has 0 spiro atoms. The van der Waals surface area contributed by atoms with Crippen molar-refractivity contribution < 1.29 is 24.9 Å². The van der Waals surface area contributed by atoms with Gasteiger partial charge in [0.05, 0.1) is 24.9 Å². The maximum atomic E-state index is 10.4. The van der Waals surface area contributed by atoms with E-state index in [4.69, 9.17) is 15.4 Å². The van der Waals surface area contributed by atoms with E-state index in [1.54, 1.807) is 0 Å². The summed E-state index contributed by atoms with van der Waals surface area (Å²) in [6, 6.07) is -1.03. The van der Waals surface area contributed by atoms with Gasteiger partial charge >= 0.3 is 0 Å². The van der Waals surface area contributed by atoms with E-state index >= 15 is 0 Å². The lowest BCUT2D eigenvalue weighted by molar-refractivity contribution is -0.189. The maximum Gasteiger partial charge on any atom is 0.122 e. The summed E-state index contributed by atoms with van der Waals surface area (Å²) in [5, 5.41) is 31.3. The Morgan fingerprint density at radius 1 is 1.38 bits per heavy atom. The smallest absolute Gasteiger partial charge is 0.122 e. The number of hydrogen-bond acceptors (Lipinski definition) is 6. The molecule has 8 nitrogen and oxygen atoms in total. The van der Waals surface area contributed by atoms with Gasteiger partial charge in [0.2, 0.25) is 0 Å².